The quantitative estimate of drug-likeness (QED) is 0.634. The molecule has 10 heteroatoms. The first-order valence-electron chi connectivity index (χ1n) is 8.75. The van der Waals surface area contributed by atoms with Crippen molar-refractivity contribution in [1.82, 2.24) is 14.9 Å². The van der Waals surface area contributed by atoms with Gasteiger partial charge < -0.3 is 15.4 Å². The van der Waals surface area contributed by atoms with E-state index >= 15 is 0 Å². The van der Waals surface area contributed by atoms with Crippen molar-refractivity contribution in [2.75, 3.05) is 26.2 Å². The summed E-state index contributed by atoms with van der Waals surface area (Å²) in [5.41, 5.74) is 1.05. The molecule has 150 valence electrons. The van der Waals surface area contributed by atoms with Gasteiger partial charge in [0.05, 0.1) is 13.2 Å². The Morgan fingerprint density at radius 1 is 1.11 bits per heavy atom. The minimum atomic E-state index is -3.68. The SMILES string of the molecule is O=C(NCCc1ccccc1)C(=O)NC[C@H]1OCCN1S(=O)(=O)c1cccs1. The van der Waals surface area contributed by atoms with Gasteiger partial charge in [-0.05, 0) is 23.4 Å². The summed E-state index contributed by atoms with van der Waals surface area (Å²) < 4.78 is 32.1. The lowest BCUT2D eigenvalue weighted by molar-refractivity contribution is -0.139. The Kier molecular flexibility index (Phi) is 6.79. The summed E-state index contributed by atoms with van der Waals surface area (Å²) in [5, 5.41) is 6.67. The van der Waals surface area contributed by atoms with E-state index in [4.69, 9.17) is 4.74 Å². The van der Waals surface area contributed by atoms with Crippen LogP contribution in [0.4, 0.5) is 0 Å². The van der Waals surface area contributed by atoms with Crippen LogP contribution in [0.2, 0.25) is 0 Å². The fourth-order valence-corrected chi connectivity index (χ4v) is 5.40. The molecular formula is C18H21N3O5S2. The molecule has 0 unspecified atom stereocenters. The molecule has 1 aliphatic heterocycles. The number of nitrogens with one attached hydrogen (secondary N) is 2. The maximum Gasteiger partial charge on any atom is 0.309 e. The number of hydrogen-bond donors (Lipinski definition) is 2. The molecule has 2 N–H and O–H groups in total. The third kappa shape index (κ3) is 4.96. The Hall–Kier alpha value is -2.27. The summed E-state index contributed by atoms with van der Waals surface area (Å²) in [4.78, 5) is 23.9. The number of rotatable bonds is 7. The summed E-state index contributed by atoms with van der Waals surface area (Å²) in [6.45, 7) is 0.656. The lowest BCUT2D eigenvalue weighted by atomic mass is 10.1. The highest BCUT2D eigenvalue weighted by atomic mass is 32.2. The second-order valence-electron chi connectivity index (χ2n) is 6.07. The molecule has 3 rings (SSSR count). The second-order valence-corrected chi connectivity index (χ2v) is 9.14. The molecule has 28 heavy (non-hydrogen) atoms. The molecule has 2 heterocycles. The van der Waals surface area contributed by atoms with Crippen LogP contribution in [-0.4, -0.2) is 57.0 Å². The van der Waals surface area contributed by atoms with Crippen LogP contribution in [0.5, 0.6) is 0 Å². The van der Waals surface area contributed by atoms with Gasteiger partial charge in [0.1, 0.15) is 10.4 Å². The van der Waals surface area contributed by atoms with Crippen molar-refractivity contribution in [2.45, 2.75) is 16.9 Å². The maximum absolute atomic E-state index is 12.6. The zero-order valence-electron chi connectivity index (χ0n) is 15.0. The van der Waals surface area contributed by atoms with Crippen LogP contribution in [0.1, 0.15) is 5.56 Å². The lowest BCUT2D eigenvalue weighted by Gasteiger charge is -2.22. The molecule has 1 saturated heterocycles. The highest BCUT2D eigenvalue weighted by Gasteiger charge is 2.37. The van der Waals surface area contributed by atoms with Gasteiger partial charge in [0.2, 0.25) is 0 Å². The molecule has 1 aromatic carbocycles. The van der Waals surface area contributed by atoms with Gasteiger partial charge in [0.25, 0.3) is 10.0 Å². The van der Waals surface area contributed by atoms with Crippen LogP contribution in [0, 0.1) is 0 Å². The molecular weight excluding hydrogens is 402 g/mol. The third-order valence-electron chi connectivity index (χ3n) is 4.19. The molecule has 1 aliphatic rings. The fraction of sp³-hybridized carbons (Fsp3) is 0.333. The van der Waals surface area contributed by atoms with E-state index in [1.807, 2.05) is 30.3 Å². The van der Waals surface area contributed by atoms with Crippen molar-refractivity contribution in [2.24, 2.45) is 0 Å². The number of hydrogen-bond acceptors (Lipinski definition) is 6. The molecule has 1 atom stereocenters. The van der Waals surface area contributed by atoms with Gasteiger partial charge in [-0.25, -0.2) is 8.42 Å². The van der Waals surface area contributed by atoms with Crippen molar-refractivity contribution < 1.29 is 22.7 Å². The molecule has 2 amide bonds. The molecule has 2 aromatic rings. The Labute approximate surface area is 167 Å². The predicted molar refractivity (Wildman–Crippen MR) is 104 cm³/mol. The summed E-state index contributed by atoms with van der Waals surface area (Å²) in [7, 11) is -3.68. The standard InChI is InChI=1S/C18H21N3O5S2/c22-17(19-9-8-14-5-2-1-3-6-14)18(23)20-13-15-21(10-11-26-15)28(24,25)16-7-4-12-27-16/h1-7,12,15H,8-11,13H2,(H,19,22)(H,20,23)/t15-/m1/s1. The van der Waals surface area contributed by atoms with Crippen molar-refractivity contribution in [1.29, 1.82) is 0 Å². The first-order chi connectivity index (χ1) is 13.5. The van der Waals surface area contributed by atoms with Crippen molar-refractivity contribution >= 4 is 33.2 Å². The van der Waals surface area contributed by atoms with Gasteiger partial charge in [-0.1, -0.05) is 36.4 Å². The number of carbonyl (C=O) groups excluding carboxylic acids is 2. The highest BCUT2D eigenvalue weighted by molar-refractivity contribution is 7.91. The Morgan fingerprint density at radius 2 is 1.86 bits per heavy atom. The summed E-state index contributed by atoms with van der Waals surface area (Å²) in [6, 6.07) is 12.8. The molecule has 0 radical (unpaired) electrons. The molecule has 0 aliphatic carbocycles. The first-order valence-corrected chi connectivity index (χ1v) is 11.1. The number of nitrogens with zero attached hydrogens (tertiary/aromatic N) is 1. The van der Waals surface area contributed by atoms with Crippen LogP contribution in [0.3, 0.4) is 0 Å². The van der Waals surface area contributed by atoms with Gasteiger partial charge in [-0.3, -0.25) is 9.59 Å². The van der Waals surface area contributed by atoms with Gasteiger partial charge >= 0.3 is 11.8 Å². The van der Waals surface area contributed by atoms with E-state index in [0.29, 0.717) is 13.0 Å². The molecule has 8 nitrogen and oxygen atoms in total. The van der Waals surface area contributed by atoms with Crippen molar-refractivity contribution in [3.05, 3.63) is 53.4 Å². The lowest BCUT2D eigenvalue weighted by Crippen LogP contribution is -2.47. The predicted octanol–water partition coefficient (Wildman–Crippen LogP) is 0.570. The largest absolute Gasteiger partial charge is 0.359 e. The van der Waals surface area contributed by atoms with E-state index in [0.717, 1.165) is 16.9 Å². The van der Waals surface area contributed by atoms with Gasteiger partial charge in [-0.15, -0.1) is 11.3 Å². The van der Waals surface area contributed by atoms with E-state index in [9.17, 15) is 18.0 Å². The van der Waals surface area contributed by atoms with E-state index in [1.54, 1.807) is 11.4 Å². The van der Waals surface area contributed by atoms with E-state index in [-0.39, 0.29) is 23.9 Å². The van der Waals surface area contributed by atoms with Crippen molar-refractivity contribution in [3.8, 4) is 0 Å². The van der Waals surface area contributed by atoms with E-state index < -0.39 is 28.1 Å². The minimum absolute atomic E-state index is 0.102. The average molecular weight is 424 g/mol. The number of ether oxygens (including phenoxy) is 1. The summed E-state index contributed by atoms with van der Waals surface area (Å²) in [5.74, 6) is -1.58. The van der Waals surface area contributed by atoms with Crippen LogP contribution in [0.15, 0.2) is 52.1 Å². The number of sulfonamides is 1. The first kappa shape index (κ1) is 20.5. The number of benzene rings is 1. The van der Waals surface area contributed by atoms with Gasteiger partial charge in [-0.2, -0.15) is 4.31 Å². The fourth-order valence-electron chi connectivity index (χ4n) is 2.77. The smallest absolute Gasteiger partial charge is 0.309 e. The maximum atomic E-state index is 12.6. The Balaban J connectivity index is 1.47. The van der Waals surface area contributed by atoms with Crippen LogP contribution in [0.25, 0.3) is 0 Å². The zero-order valence-corrected chi connectivity index (χ0v) is 16.7. The molecule has 0 bridgehead atoms. The van der Waals surface area contributed by atoms with Crippen LogP contribution in [-0.2, 0) is 30.8 Å². The molecule has 1 aromatic heterocycles. The number of carbonyl (C=O) groups is 2. The van der Waals surface area contributed by atoms with E-state index in [1.165, 1.54) is 10.4 Å². The highest BCUT2D eigenvalue weighted by Crippen LogP contribution is 2.25. The van der Waals surface area contributed by atoms with Gasteiger partial charge in [0.15, 0.2) is 0 Å². The van der Waals surface area contributed by atoms with Gasteiger partial charge in [0, 0.05) is 13.1 Å². The van der Waals surface area contributed by atoms with Crippen molar-refractivity contribution in [3.63, 3.8) is 0 Å². The van der Waals surface area contributed by atoms with Crippen LogP contribution >= 0.6 is 11.3 Å². The number of amides is 2. The average Bonchev–Trinajstić information content (AvgIpc) is 3.39. The third-order valence-corrected chi connectivity index (χ3v) is 7.45. The summed E-state index contributed by atoms with van der Waals surface area (Å²) in [6.07, 6.45) is -0.230. The molecule has 1 fully saturated rings. The normalized spacial score (nSPS) is 17.4. The van der Waals surface area contributed by atoms with Crippen LogP contribution < -0.4 is 10.6 Å². The monoisotopic (exact) mass is 423 g/mol. The minimum Gasteiger partial charge on any atom is -0.359 e. The zero-order chi connectivity index (χ0) is 20.0. The summed E-state index contributed by atoms with van der Waals surface area (Å²) >= 11 is 1.12. The Morgan fingerprint density at radius 3 is 2.57 bits per heavy atom. The molecule has 0 saturated carbocycles. The topological polar surface area (TPSA) is 105 Å². The number of thiophene rings is 1. The molecule has 0 spiro atoms. The Bertz CT molecular complexity index is 901. The van der Waals surface area contributed by atoms with E-state index in [2.05, 4.69) is 10.6 Å². The second kappa shape index (κ2) is 9.28.